The topological polar surface area (TPSA) is 263 Å². The van der Waals surface area contributed by atoms with Gasteiger partial charge in [-0.05, 0) is 53.8 Å². The first-order chi connectivity index (χ1) is 23.1. The Bertz CT molecular complexity index is 2430. The number of H-pyrrole nitrogens is 1. The van der Waals surface area contributed by atoms with Crippen molar-refractivity contribution in [3.63, 3.8) is 0 Å². The van der Waals surface area contributed by atoms with Gasteiger partial charge in [0.2, 0.25) is 0 Å². The van der Waals surface area contributed by atoms with Crippen LogP contribution in [0.3, 0.4) is 0 Å². The number of anilines is 3. The summed E-state index contributed by atoms with van der Waals surface area (Å²) in [5, 5.41) is 12.2. The predicted octanol–water partition coefficient (Wildman–Crippen LogP) is 0.441. The Labute approximate surface area is 267 Å². The van der Waals surface area contributed by atoms with Gasteiger partial charge in [-0.2, -0.15) is 0 Å². The minimum Gasteiger partial charge on any atom is -0.394 e. The van der Waals surface area contributed by atoms with Crippen LogP contribution in [0.15, 0.2) is 73.8 Å². The molecule has 17 nitrogen and oxygen atoms in total. The van der Waals surface area contributed by atoms with E-state index in [4.69, 9.17) is 11.5 Å². The number of aryl methyl sites for hydroxylation is 1. The molecule has 48 heavy (non-hydrogen) atoms. The molecular weight excluding hydrogens is 624 g/mol. The molecule has 6 aromatic rings. The van der Waals surface area contributed by atoms with Crippen molar-refractivity contribution in [1.29, 1.82) is 0 Å². The fourth-order valence-corrected chi connectivity index (χ4v) is 5.65. The van der Waals surface area contributed by atoms with Crippen molar-refractivity contribution in [2.24, 2.45) is 5.73 Å². The van der Waals surface area contributed by atoms with Crippen LogP contribution in [-0.4, -0.2) is 42.2 Å². The number of aromatic amines is 1. The number of hydrogen-bond acceptors (Lipinski definition) is 12. The van der Waals surface area contributed by atoms with Crippen LogP contribution in [0.1, 0.15) is 60.6 Å². The largest absolute Gasteiger partial charge is 0.439 e. The second-order valence-corrected chi connectivity index (χ2v) is 11.1. The van der Waals surface area contributed by atoms with E-state index in [1.807, 2.05) is 12.1 Å². The van der Waals surface area contributed by atoms with Crippen molar-refractivity contribution in [2.75, 3.05) is 11.1 Å². The molecule has 3 aromatic heterocycles. The third-order valence-corrected chi connectivity index (χ3v) is 8.04. The summed E-state index contributed by atoms with van der Waals surface area (Å²) < 4.78 is 5.88. The molecule has 0 fully saturated rings. The lowest BCUT2D eigenvalue weighted by molar-refractivity contribution is 0.0928. The number of aromatic nitrogens is 5. The molecule has 0 radical (unpaired) electrons. The van der Waals surface area contributed by atoms with Crippen molar-refractivity contribution in [3.8, 4) is 11.4 Å². The Morgan fingerprint density at radius 2 is 1.88 bits per heavy atom. The zero-order chi connectivity index (χ0) is 33.7. The van der Waals surface area contributed by atoms with Gasteiger partial charge in [-0.3, -0.25) is 37.9 Å². The number of fused-ring (bicyclic) bond motifs is 2. The SMILES string of the molecule is NC(=O)c1ncn2c(C(=O)N[C@H]3CCc4cc(-c5noc(=O)[nH]5)ccc43)cc(C(=O)NCc3cccc(Nc4c(N)c(=O)c4=O)c3)nc12. The Morgan fingerprint density at radius 1 is 1.04 bits per heavy atom. The highest BCUT2D eigenvalue weighted by molar-refractivity contribution is 6.01. The van der Waals surface area contributed by atoms with Crippen LogP contribution in [0, 0.1) is 0 Å². The van der Waals surface area contributed by atoms with E-state index in [1.165, 1.54) is 16.8 Å². The maximum atomic E-state index is 13.7. The molecule has 240 valence electrons. The molecule has 1 aliphatic rings. The Hall–Kier alpha value is -6.91. The number of rotatable bonds is 9. The molecule has 0 aliphatic heterocycles. The first-order valence-corrected chi connectivity index (χ1v) is 14.5. The highest BCUT2D eigenvalue weighted by atomic mass is 16.5. The first kappa shape index (κ1) is 29.8. The average molecular weight is 649 g/mol. The van der Waals surface area contributed by atoms with E-state index >= 15 is 0 Å². The standard InChI is InChI=1S/C31H24N10O7/c32-21-22(25(43)24(21)42)36-16-3-1-2-13(8-16)11-34-29(45)19-10-20(41-12-35-23(26(33)44)28(41)37-19)30(46)38-18-7-5-14-9-15(4-6-17(14)18)27-39-31(47)48-40-27/h1-4,6,8-10,12,18,36H,5,7,11,32H2,(H2,33,44)(H,34,45)(H,38,46)(H,39,40,47)/t18-/m0/s1. The van der Waals surface area contributed by atoms with Crippen LogP contribution in [0.4, 0.5) is 17.1 Å². The van der Waals surface area contributed by atoms with Gasteiger partial charge in [-0.1, -0.05) is 29.4 Å². The number of nitrogens with one attached hydrogen (secondary N) is 4. The number of carbonyl (C=O) groups is 3. The van der Waals surface area contributed by atoms with Gasteiger partial charge in [0.25, 0.3) is 28.6 Å². The van der Waals surface area contributed by atoms with Crippen LogP contribution < -0.4 is 44.0 Å². The number of nitrogens with two attached hydrogens (primary N) is 2. The third kappa shape index (κ3) is 5.23. The summed E-state index contributed by atoms with van der Waals surface area (Å²) in [4.78, 5) is 84.5. The van der Waals surface area contributed by atoms with Gasteiger partial charge in [-0.25, -0.2) is 14.8 Å². The van der Waals surface area contributed by atoms with Crippen LogP contribution in [0.2, 0.25) is 0 Å². The lowest BCUT2D eigenvalue weighted by Crippen LogP contribution is -2.36. The Balaban J connectivity index is 1.12. The van der Waals surface area contributed by atoms with Crippen molar-refractivity contribution in [3.05, 3.63) is 120 Å². The van der Waals surface area contributed by atoms with E-state index in [0.29, 0.717) is 35.5 Å². The molecule has 0 bridgehead atoms. The summed E-state index contributed by atoms with van der Waals surface area (Å²) in [5.41, 5.74) is 12.6. The van der Waals surface area contributed by atoms with E-state index in [2.05, 4.69) is 40.6 Å². The van der Waals surface area contributed by atoms with Crippen LogP contribution in [0.5, 0.6) is 0 Å². The lowest BCUT2D eigenvalue weighted by atomic mass is 10.0. The van der Waals surface area contributed by atoms with Crippen molar-refractivity contribution in [1.82, 2.24) is 35.1 Å². The van der Waals surface area contributed by atoms with Gasteiger partial charge in [0.05, 0.1) is 6.04 Å². The lowest BCUT2D eigenvalue weighted by Gasteiger charge is -2.16. The molecule has 0 unspecified atom stereocenters. The number of hydrogen-bond donors (Lipinski definition) is 6. The number of nitrogens with zero attached hydrogens (tertiary/aromatic N) is 4. The van der Waals surface area contributed by atoms with Crippen molar-refractivity contribution in [2.45, 2.75) is 25.4 Å². The van der Waals surface area contributed by atoms with Gasteiger partial charge in [-0.15, -0.1) is 0 Å². The zero-order valence-corrected chi connectivity index (χ0v) is 24.7. The van der Waals surface area contributed by atoms with E-state index in [0.717, 1.165) is 11.1 Å². The first-order valence-electron chi connectivity index (χ1n) is 14.5. The van der Waals surface area contributed by atoms with Crippen LogP contribution in [-0.2, 0) is 13.0 Å². The van der Waals surface area contributed by atoms with Crippen molar-refractivity contribution >= 4 is 40.4 Å². The second kappa shape index (κ2) is 11.5. The summed E-state index contributed by atoms with van der Waals surface area (Å²) in [6.45, 7) is 0.0230. The fourth-order valence-electron chi connectivity index (χ4n) is 5.65. The number of carbonyl (C=O) groups excluding carboxylic acids is 3. The molecule has 3 amide bonds. The summed E-state index contributed by atoms with van der Waals surface area (Å²) in [7, 11) is 0. The summed E-state index contributed by atoms with van der Waals surface area (Å²) in [6, 6.07) is 13.1. The molecule has 1 atom stereocenters. The average Bonchev–Trinajstić information content (AvgIpc) is 3.83. The number of benzene rings is 2. The highest BCUT2D eigenvalue weighted by Crippen LogP contribution is 2.34. The zero-order valence-electron chi connectivity index (χ0n) is 24.7. The maximum absolute atomic E-state index is 13.7. The number of primary amides is 1. The van der Waals surface area contributed by atoms with Crippen molar-refractivity contribution < 1.29 is 18.9 Å². The molecule has 0 spiro atoms. The molecule has 3 aromatic carbocycles. The van der Waals surface area contributed by atoms with Gasteiger partial charge in [0, 0.05) is 17.8 Å². The molecule has 17 heteroatoms. The van der Waals surface area contributed by atoms with E-state index < -0.39 is 34.3 Å². The van der Waals surface area contributed by atoms with Crippen LogP contribution in [0.25, 0.3) is 17.0 Å². The molecule has 7 rings (SSSR count). The summed E-state index contributed by atoms with van der Waals surface area (Å²) in [5.74, 6) is -2.48. The normalized spacial score (nSPS) is 13.8. The molecule has 0 saturated carbocycles. The number of imidazole rings is 1. The summed E-state index contributed by atoms with van der Waals surface area (Å²) >= 11 is 0. The quantitative estimate of drug-likeness (QED) is 0.117. The van der Waals surface area contributed by atoms with Gasteiger partial charge < -0.3 is 27.4 Å². The van der Waals surface area contributed by atoms with E-state index in [-0.39, 0.29) is 46.7 Å². The van der Waals surface area contributed by atoms with Gasteiger partial charge in [0.15, 0.2) is 17.2 Å². The maximum Gasteiger partial charge on any atom is 0.439 e. The number of nitrogen functional groups attached to an aromatic ring is 1. The minimum atomic E-state index is -0.894. The molecule has 1 aliphatic carbocycles. The Kier molecular flexibility index (Phi) is 7.11. The van der Waals surface area contributed by atoms with Crippen LogP contribution >= 0.6 is 0 Å². The van der Waals surface area contributed by atoms with E-state index in [9.17, 15) is 28.8 Å². The van der Waals surface area contributed by atoms with Gasteiger partial charge in [0.1, 0.15) is 29.1 Å². The smallest absolute Gasteiger partial charge is 0.394 e. The van der Waals surface area contributed by atoms with E-state index in [1.54, 1.807) is 30.3 Å². The molecule has 3 heterocycles. The third-order valence-electron chi connectivity index (χ3n) is 8.04. The fraction of sp³-hybridized carbons (Fsp3) is 0.129. The monoisotopic (exact) mass is 648 g/mol. The summed E-state index contributed by atoms with van der Waals surface area (Å²) in [6.07, 6.45) is 2.45. The number of amides is 3. The highest BCUT2D eigenvalue weighted by Gasteiger charge is 2.28. The molecular formula is C31H24N10O7. The predicted molar refractivity (Wildman–Crippen MR) is 169 cm³/mol. The Morgan fingerprint density at radius 3 is 2.62 bits per heavy atom. The molecule has 0 saturated heterocycles. The molecule has 8 N–H and O–H groups in total. The second-order valence-electron chi connectivity index (χ2n) is 11.1. The van der Waals surface area contributed by atoms with Gasteiger partial charge >= 0.3 is 5.76 Å². The minimum absolute atomic E-state index is 0.00511.